The summed E-state index contributed by atoms with van der Waals surface area (Å²) in [7, 11) is 0. The van der Waals surface area contributed by atoms with Crippen molar-refractivity contribution in [3.63, 3.8) is 0 Å². The molecule has 0 unspecified atom stereocenters. The van der Waals surface area contributed by atoms with Crippen LogP contribution in [0.2, 0.25) is 0 Å². The first kappa shape index (κ1) is 6.01. The van der Waals surface area contributed by atoms with Crippen LogP contribution in [0.4, 0.5) is 4.79 Å². The zero-order chi connectivity index (χ0) is 6.97. The zero-order valence-electron chi connectivity index (χ0n) is 5.97. The smallest absolute Gasteiger partial charge is 0.317 e. The Kier molecular flexibility index (Phi) is 1.29. The second kappa shape index (κ2) is 2.15. The third kappa shape index (κ3) is 1.08. The molecule has 1 aliphatic heterocycles. The number of amides is 2. The number of hydrogen-bond donors (Lipinski definition) is 1. The molecule has 10 heavy (non-hydrogen) atoms. The number of carbonyl (C=O) groups is 1. The van der Waals surface area contributed by atoms with Crippen molar-refractivity contribution in [2.45, 2.75) is 25.3 Å². The molecule has 56 valence electrons. The summed E-state index contributed by atoms with van der Waals surface area (Å²) in [6.45, 7) is 1.91. The maximum atomic E-state index is 11.1. The molecule has 0 bridgehead atoms. The number of rotatable bonds is 1. The van der Waals surface area contributed by atoms with Crippen molar-refractivity contribution in [3.05, 3.63) is 0 Å². The second-order valence-corrected chi connectivity index (χ2v) is 3.06. The van der Waals surface area contributed by atoms with E-state index in [2.05, 4.69) is 5.32 Å². The van der Waals surface area contributed by atoms with Crippen LogP contribution in [0.25, 0.3) is 0 Å². The standard InChI is InChI=1S/C7H12N2O/c10-7(8-6-2-3-6)9-4-1-5-9/h6H,1-5H2,(H,8,10). The minimum Gasteiger partial charge on any atom is -0.335 e. The van der Waals surface area contributed by atoms with E-state index in [1.165, 1.54) is 19.3 Å². The highest BCUT2D eigenvalue weighted by Crippen LogP contribution is 2.19. The van der Waals surface area contributed by atoms with Crippen LogP contribution in [0.5, 0.6) is 0 Å². The lowest BCUT2D eigenvalue weighted by Gasteiger charge is -2.30. The van der Waals surface area contributed by atoms with Gasteiger partial charge in [-0.25, -0.2) is 4.79 Å². The van der Waals surface area contributed by atoms with E-state index in [0.29, 0.717) is 6.04 Å². The van der Waals surface area contributed by atoms with Gasteiger partial charge < -0.3 is 10.2 Å². The monoisotopic (exact) mass is 140 g/mol. The van der Waals surface area contributed by atoms with Gasteiger partial charge in [-0.1, -0.05) is 0 Å². The minimum atomic E-state index is 0.147. The summed E-state index contributed by atoms with van der Waals surface area (Å²) in [5.41, 5.74) is 0. The van der Waals surface area contributed by atoms with Crippen LogP contribution in [0.1, 0.15) is 19.3 Å². The predicted octanol–water partition coefficient (Wildman–Crippen LogP) is 0.564. The molecule has 0 aromatic carbocycles. The fourth-order valence-corrected chi connectivity index (χ4v) is 1.01. The number of urea groups is 1. The highest BCUT2D eigenvalue weighted by molar-refractivity contribution is 5.75. The molecule has 1 N–H and O–H groups in total. The van der Waals surface area contributed by atoms with E-state index in [0.717, 1.165) is 13.1 Å². The van der Waals surface area contributed by atoms with Crippen LogP contribution in [0.3, 0.4) is 0 Å². The molecule has 0 radical (unpaired) electrons. The Balaban J connectivity index is 1.74. The van der Waals surface area contributed by atoms with Crippen LogP contribution in [-0.4, -0.2) is 30.1 Å². The molecule has 3 nitrogen and oxygen atoms in total. The molecule has 0 aromatic rings. The van der Waals surface area contributed by atoms with Gasteiger partial charge in [0.15, 0.2) is 0 Å². The van der Waals surface area contributed by atoms with Gasteiger partial charge in [0, 0.05) is 19.1 Å². The van der Waals surface area contributed by atoms with Crippen molar-refractivity contribution in [1.29, 1.82) is 0 Å². The number of nitrogens with one attached hydrogen (secondary N) is 1. The van der Waals surface area contributed by atoms with Gasteiger partial charge in [-0.3, -0.25) is 0 Å². The summed E-state index contributed by atoms with van der Waals surface area (Å²) in [6, 6.07) is 0.654. The van der Waals surface area contributed by atoms with Gasteiger partial charge >= 0.3 is 6.03 Å². The Morgan fingerprint density at radius 2 is 2.10 bits per heavy atom. The first-order valence-electron chi connectivity index (χ1n) is 3.92. The molecular weight excluding hydrogens is 128 g/mol. The van der Waals surface area contributed by atoms with Gasteiger partial charge in [0.25, 0.3) is 0 Å². The topological polar surface area (TPSA) is 32.3 Å². The van der Waals surface area contributed by atoms with Crippen LogP contribution in [0, 0.1) is 0 Å². The molecule has 1 aliphatic carbocycles. The maximum Gasteiger partial charge on any atom is 0.317 e. The van der Waals surface area contributed by atoms with Crippen molar-refractivity contribution in [1.82, 2.24) is 10.2 Å². The van der Waals surface area contributed by atoms with E-state index in [1.54, 1.807) is 0 Å². The van der Waals surface area contributed by atoms with Crippen molar-refractivity contribution in [3.8, 4) is 0 Å². The van der Waals surface area contributed by atoms with Gasteiger partial charge in [0.2, 0.25) is 0 Å². The zero-order valence-corrected chi connectivity index (χ0v) is 5.97. The van der Waals surface area contributed by atoms with Gasteiger partial charge in [-0.15, -0.1) is 0 Å². The average Bonchev–Trinajstić information content (AvgIpc) is 2.43. The Morgan fingerprint density at radius 1 is 1.40 bits per heavy atom. The Morgan fingerprint density at radius 3 is 2.50 bits per heavy atom. The molecular formula is C7H12N2O. The van der Waals surface area contributed by atoms with Crippen LogP contribution in [0.15, 0.2) is 0 Å². The van der Waals surface area contributed by atoms with E-state index in [1.807, 2.05) is 4.90 Å². The Hall–Kier alpha value is -0.730. The van der Waals surface area contributed by atoms with E-state index in [-0.39, 0.29) is 6.03 Å². The van der Waals surface area contributed by atoms with Gasteiger partial charge in [0.1, 0.15) is 0 Å². The molecule has 1 heterocycles. The first-order valence-corrected chi connectivity index (χ1v) is 3.92. The van der Waals surface area contributed by atoms with E-state index in [4.69, 9.17) is 0 Å². The third-order valence-corrected chi connectivity index (χ3v) is 2.05. The third-order valence-electron chi connectivity index (χ3n) is 2.05. The van der Waals surface area contributed by atoms with Crippen molar-refractivity contribution in [2.24, 2.45) is 0 Å². The average molecular weight is 140 g/mol. The molecule has 2 fully saturated rings. The second-order valence-electron chi connectivity index (χ2n) is 3.06. The minimum absolute atomic E-state index is 0.147. The normalized spacial score (nSPS) is 23.8. The summed E-state index contributed by atoms with van der Waals surface area (Å²) >= 11 is 0. The van der Waals surface area contributed by atoms with Gasteiger partial charge in [-0.05, 0) is 19.3 Å². The summed E-state index contributed by atoms with van der Waals surface area (Å²) in [5, 5.41) is 2.94. The number of carbonyl (C=O) groups excluding carboxylic acids is 1. The lowest BCUT2D eigenvalue weighted by Crippen LogP contribution is -2.48. The van der Waals surface area contributed by atoms with E-state index < -0.39 is 0 Å². The fourth-order valence-electron chi connectivity index (χ4n) is 1.01. The first-order chi connectivity index (χ1) is 4.86. The van der Waals surface area contributed by atoms with E-state index in [9.17, 15) is 4.79 Å². The van der Waals surface area contributed by atoms with Crippen molar-refractivity contribution < 1.29 is 4.79 Å². The number of nitrogens with zero attached hydrogens (tertiary/aromatic N) is 1. The molecule has 3 heteroatoms. The van der Waals surface area contributed by atoms with Crippen LogP contribution >= 0.6 is 0 Å². The molecule has 0 aromatic heterocycles. The highest BCUT2D eigenvalue weighted by Gasteiger charge is 2.27. The predicted molar refractivity (Wildman–Crippen MR) is 37.7 cm³/mol. The molecule has 2 amide bonds. The Labute approximate surface area is 60.4 Å². The molecule has 1 saturated heterocycles. The summed E-state index contributed by atoms with van der Waals surface area (Å²) in [6.07, 6.45) is 3.54. The summed E-state index contributed by atoms with van der Waals surface area (Å²) < 4.78 is 0. The van der Waals surface area contributed by atoms with Crippen LogP contribution < -0.4 is 5.32 Å². The molecule has 0 spiro atoms. The number of hydrogen-bond acceptors (Lipinski definition) is 1. The molecule has 2 rings (SSSR count). The fraction of sp³-hybridized carbons (Fsp3) is 0.857. The SMILES string of the molecule is O=C(NC1CC1)N1CCC1. The van der Waals surface area contributed by atoms with Crippen LogP contribution in [-0.2, 0) is 0 Å². The van der Waals surface area contributed by atoms with Crippen molar-refractivity contribution >= 4 is 6.03 Å². The summed E-state index contributed by atoms with van der Waals surface area (Å²) in [4.78, 5) is 13.0. The lowest BCUT2D eigenvalue weighted by atomic mass is 10.2. The quantitative estimate of drug-likeness (QED) is 0.567. The number of likely N-dealkylation sites (tertiary alicyclic amines) is 1. The van der Waals surface area contributed by atoms with Crippen molar-refractivity contribution in [2.75, 3.05) is 13.1 Å². The Bertz CT molecular complexity index is 150. The van der Waals surface area contributed by atoms with Gasteiger partial charge in [0.05, 0.1) is 0 Å². The lowest BCUT2D eigenvalue weighted by molar-refractivity contribution is 0.167. The van der Waals surface area contributed by atoms with E-state index >= 15 is 0 Å². The van der Waals surface area contributed by atoms with Gasteiger partial charge in [-0.2, -0.15) is 0 Å². The highest BCUT2D eigenvalue weighted by atomic mass is 16.2. The summed E-state index contributed by atoms with van der Waals surface area (Å²) in [5.74, 6) is 0. The molecule has 2 aliphatic rings. The maximum absolute atomic E-state index is 11.1. The molecule has 0 atom stereocenters. The molecule has 1 saturated carbocycles. The largest absolute Gasteiger partial charge is 0.335 e.